The predicted octanol–water partition coefficient (Wildman–Crippen LogP) is 2.58. The van der Waals surface area contributed by atoms with Crippen LogP contribution in [0.25, 0.3) is 0 Å². The SMILES string of the molecule is Cc1sccc1C(=O)C(C)(C)N(C)C. The van der Waals surface area contributed by atoms with Crippen molar-refractivity contribution < 1.29 is 4.79 Å². The molecule has 2 nitrogen and oxygen atoms in total. The number of likely N-dealkylation sites (N-methyl/N-ethyl adjacent to an activating group) is 1. The highest BCUT2D eigenvalue weighted by Crippen LogP contribution is 2.23. The Kier molecular flexibility index (Phi) is 3.12. The van der Waals surface area contributed by atoms with E-state index in [0.29, 0.717) is 0 Å². The van der Waals surface area contributed by atoms with Crippen LogP contribution in [0.4, 0.5) is 0 Å². The van der Waals surface area contributed by atoms with E-state index in [9.17, 15) is 4.79 Å². The van der Waals surface area contributed by atoms with Crippen molar-refractivity contribution in [3.63, 3.8) is 0 Å². The van der Waals surface area contributed by atoms with Crippen molar-refractivity contribution >= 4 is 17.1 Å². The Morgan fingerprint density at radius 3 is 2.36 bits per heavy atom. The Morgan fingerprint density at radius 2 is 2.00 bits per heavy atom. The van der Waals surface area contributed by atoms with Gasteiger partial charge in [-0.25, -0.2) is 0 Å². The van der Waals surface area contributed by atoms with E-state index >= 15 is 0 Å². The molecule has 78 valence electrons. The lowest BCUT2D eigenvalue weighted by molar-refractivity contribution is 0.0755. The van der Waals surface area contributed by atoms with Crippen molar-refractivity contribution in [1.29, 1.82) is 0 Å². The molecule has 1 heterocycles. The molecule has 0 atom stereocenters. The summed E-state index contributed by atoms with van der Waals surface area (Å²) in [4.78, 5) is 15.2. The number of carbonyl (C=O) groups excluding carboxylic acids is 1. The topological polar surface area (TPSA) is 20.3 Å². The quantitative estimate of drug-likeness (QED) is 0.716. The van der Waals surface area contributed by atoms with Gasteiger partial charge in [-0.3, -0.25) is 9.69 Å². The third-order valence-electron chi connectivity index (χ3n) is 2.78. The fraction of sp³-hybridized carbons (Fsp3) is 0.545. The number of Topliss-reactive ketones (excluding diaryl/α,β-unsaturated/α-hetero) is 1. The number of nitrogens with zero attached hydrogens (tertiary/aromatic N) is 1. The number of thiophene rings is 1. The maximum Gasteiger partial charge on any atom is 0.183 e. The number of aryl methyl sites for hydroxylation is 1. The zero-order valence-electron chi connectivity index (χ0n) is 9.42. The molecular formula is C11H17NOS. The Morgan fingerprint density at radius 1 is 1.43 bits per heavy atom. The summed E-state index contributed by atoms with van der Waals surface area (Å²) in [5, 5.41) is 1.97. The molecule has 1 aromatic rings. The first-order valence-electron chi connectivity index (χ1n) is 4.63. The van der Waals surface area contributed by atoms with Gasteiger partial charge in [0.1, 0.15) is 0 Å². The van der Waals surface area contributed by atoms with E-state index in [1.807, 2.05) is 51.2 Å². The highest BCUT2D eigenvalue weighted by Gasteiger charge is 2.31. The minimum Gasteiger partial charge on any atom is -0.297 e. The van der Waals surface area contributed by atoms with E-state index < -0.39 is 5.54 Å². The smallest absolute Gasteiger partial charge is 0.183 e. The van der Waals surface area contributed by atoms with Crippen LogP contribution in [-0.4, -0.2) is 30.3 Å². The summed E-state index contributed by atoms with van der Waals surface area (Å²) < 4.78 is 0. The molecule has 1 aromatic heterocycles. The van der Waals surface area contributed by atoms with Crippen molar-refractivity contribution in [2.75, 3.05) is 14.1 Å². The molecule has 0 fully saturated rings. The van der Waals surface area contributed by atoms with E-state index in [1.165, 1.54) is 0 Å². The molecule has 0 aliphatic rings. The summed E-state index contributed by atoms with van der Waals surface area (Å²) in [7, 11) is 3.86. The van der Waals surface area contributed by atoms with Gasteiger partial charge in [-0.2, -0.15) is 0 Å². The number of carbonyl (C=O) groups is 1. The summed E-state index contributed by atoms with van der Waals surface area (Å²) in [6, 6.07) is 1.91. The van der Waals surface area contributed by atoms with E-state index in [1.54, 1.807) is 11.3 Å². The van der Waals surface area contributed by atoms with Gasteiger partial charge < -0.3 is 0 Å². The van der Waals surface area contributed by atoms with Crippen LogP contribution in [0, 0.1) is 6.92 Å². The van der Waals surface area contributed by atoms with Crippen molar-refractivity contribution in [1.82, 2.24) is 4.90 Å². The first-order chi connectivity index (χ1) is 6.37. The van der Waals surface area contributed by atoms with Gasteiger partial charge in [0.25, 0.3) is 0 Å². The van der Waals surface area contributed by atoms with Crippen LogP contribution in [0.5, 0.6) is 0 Å². The Balaban J connectivity index is 3.02. The van der Waals surface area contributed by atoms with Crippen LogP contribution in [-0.2, 0) is 0 Å². The highest BCUT2D eigenvalue weighted by atomic mass is 32.1. The fourth-order valence-electron chi connectivity index (χ4n) is 1.15. The Hall–Kier alpha value is -0.670. The van der Waals surface area contributed by atoms with Gasteiger partial charge in [0, 0.05) is 10.4 Å². The lowest BCUT2D eigenvalue weighted by Crippen LogP contribution is -2.45. The second kappa shape index (κ2) is 3.83. The number of hydrogen-bond donors (Lipinski definition) is 0. The number of ketones is 1. The second-order valence-electron chi connectivity index (χ2n) is 4.17. The van der Waals surface area contributed by atoms with Gasteiger partial charge in [-0.1, -0.05) is 0 Å². The largest absolute Gasteiger partial charge is 0.297 e. The molecule has 0 aromatic carbocycles. The van der Waals surface area contributed by atoms with E-state index in [-0.39, 0.29) is 5.78 Å². The number of hydrogen-bond acceptors (Lipinski definition) is 3. The Labute approximate surface area is 89.5 Å². The average molecular weight is 211 g/mol. The number of rotatable bonds is 3. The summed E-state index contributed by atoms with van der Waals surface area (Å²) in [6.07, 6.45) is 0. The molecule has 0 radical (unpaired) electrons. The maximum absolute atomic E-state index is 12.2. The zero-order valence-corrected chi connectivity index (χ0v) is 10.2. The van der Waals surface area contributed by atoms with Gasteiger partial charge in [-0.05, 0) is 46.3 Å². The molecule has 0 saturated heterocycles. The highest BCUT2D eigenvalue weighted by molar-refractivity contribution is 7.10. The van der Waals surface area contributed by atoms with Gasteiger partial charge >= 0.3 is 0 Å². The van der Waals surface area contributed by atoms with Gasteiger partial charge in [0.2, 0.25) is 0 Å². The molecule has 0 aliphatic heterocycles. The molecule has 3 heteroatoms. The molecule has 0 spiro atoms. The third-order valence-corrected chi connectivity index (χ3v) is 3.62. The minimum atomic E-state index is -0.425. The van der Waals surface area contributed by atoms with Gasteiger partial charge in [-0.15, -0.1) is 11.3 Å². The van der Waals surface area contributed by atoms with Crippen LogP contribution in [0.2, 0.25) is 0 Å². The fourth-order valence-corrected chi connectivity index (χ4v) is 1.85. The normalized spacial score (nSPS) is 12.1. The summed E-state index contributed by atoms with van der Waals surface area (Å²) in [5.74, 6) is 0.196. The van der Waals surface area contributed by atoms with Crippen LogP contribution >= 0.6 is 11.3 Å². The lowest BCUT2D eigenvalue weighted by atomic mass is 9.92. The summed E-state index contributed by atoms with van der Waals surface area (Å²) in [5.41, 5.74) is 0.431. The van der Waals surface area contributed by atoms with Gasteiger partial charge in [0.05, 0.1) is 5.54 Å². The molecular weight excluding hydrogens is 194 g/mol. The zero-order chi connectivity index (χ0) is 10.9. The van der Waals surface area contributed by atoms with Crippen LogP contribution in [0.15, 0.2) is 11.4 Å². The molecule has 0 unspecified atom stereocenters. The molecule has 14 heavy (non-hydrogen) atoms. The van der Waals surface area contributed by atoms with Crippen molar-refractivity contribution in [2.24, 2.45) is 0 Å². The standard InChI is InChI=1S/C11H17NOS/c1-8-9(6-7-14-8)10(13)11(2,3)12(4)5/h6-7H,1-5H3. The predicted molar refractivity (Wildman–Crippen MR) is 61.2 cm³/mol. The van der Waals surface area contributed by atoms with E-state index in [4.69, 9.17) is 0 Å². The van der Waals surface area contributed by atoms with Crippen molar-refractivity contribution in [3.05, 3.63) is 21.9 Å². The average Bonchev–Trinajstić information content (AvgIpc) is 2.49. The minimum absolute atomic E-state index is 0.196. The van der Waals surface area contributed by atoms with Gasteiger partial charge in [0.15, 0.2) is 5.78 Å². The Bertz CT molecular complexity index is 339. The van der Waals surface area contributed by atoms with E-state index in [0.717, 1.165) is 10.4 Å². The molecule has 1 rings (SSSR count). The molecule has 0 aliphatic carbocycles. The first-order valence-corrected chi connectivity index (χ1v) is 5.51. The lowest BCUT2D eigenvalue weighted by Gasteiger charge is -2.30. The van der Waals surface area contributed by atoms with Crippen molar-refractivity contribution in [2.45, 2.75) is 26.3 Å². The molecule has 0 N–H and O–H groups in total. The van der Waals surface area contributed by atoms with Crippen LogP contribution in [0.1, 0.15) is 29.1 Å². The first kappa shape index (κ1) is 11.4. The summed E-state index contributed by atoms with van der Waals surface area (Å²) >= 11 is 1.62. The van der Waals surface area contributed by atoms with E-state index in [2.05, 4.69) is 0 Å². The monoisotopic (exact) mass is 211 g/mol. The summed E-state index contributed by atoms with van der Waals surface area (Å²) in [6.45, 7) is 5.89. The van der Waals surface area contributed by atoms with Crippen LogP contribution in [0.3, 0.4) is 0 Å². The molecule has 0 saturated carbocycles. The molecule has 0 bridgehead atoms. The third kappa shape index (κ3) is 1.88. The van der Waals surface area contributed by atoms with Crippen LogP contribution < -0.4 is 0 Å². The molecule has 0 amide bonds. The second-order valence-corrected chi connectivity index (χ2v) is 5.29. The maximum atomic E-state index is 12.2. The van der Waals surface area contributed by atoms with Crippen molar-refractivity contribution in [3.8, 4) is 0 Å².